The molecule has 2 amide bonds. The van der Waals surface area contributed by atoms with Gasteiger partial charge in [-0.25, -0.2) is 5.43 Å². The van der Waals surface area contributed by atoms with E-state index in [9.17, 15) is 9.59 Å². The maximum atomic E-state index is 12.5. The molecule has 1 aliphatic heterocycles. The van der Waals surface area contributed by atoms with E-state index in [4.69, 9.17) is 0 Å². The van der Waals surface area contributed by atoms with E-state index < -0.39 is 5.92 Å². The van der Waals surface area contributed by atoms with Crippen molar-refractivity contribution in [3.05, 3.63) is 70.2 Å². The minimum Gasteiger partial charge on any atom is -0.355 e. The Labute approximate surface area is 154 Å². The summed E-state index contributed by atoms with van der Waals surface area (Å²) in [5, 5.41) is 6.92. The van der Waals surface area contributed by atoms with E-state index >= 15 is 0 Å². The normalized spacial score (nSPS) is 20.2. The Balaban J connectivity index is 1.74. The van der Waals surface area contributed by atoms with Crippen LogP contribution in [0.2, 0.25) is 0 Å². The van der Waals surface area contributed by atoms with E-state index in [1.807, 2.05) is 61.5 Å². The van der Waals surface area contributed by atoms with Gasteiger partial charge >= 0.3 is 0 Å². The molecule has 2 aromatic carbocycles. The number of rotatable bonds is 4. The van der Waals surface area contributed by atoms with Gasteiger partial charge in [-0.3, -0.25) is 9.59 Å². The van der Waals surface area contributed by atoms with E-state index in [0.717, 1.165) is 15.6 Å². The summed E-state index contributed by atoms with van der Waals surface area (Å²) >= 11 is 3.38. The van der Waals surface area contributed by atoms with Gasteiger partial charge in [0, 0.05) is 16.9 Å². The van der Waals surface area contributed by atoms with Crippen molar-refractivity contribution in [1.29, 1.82) is 0 Å². The van der Waals surface area contributed by atoms with Crippen LogP contribution in [0.15, 0.2) is 64.2 Å². The van der Waals surface area contributed by atoms with Crippen LogP contribution in [0.1, 0.15) is 24.0 Å². The Kier molecular flexibility index (Phi) is 5.28. The molecule has 1 saturated heterocycles. The van der Waals surface area contributed by atoms with Crippen LogP contribution in [0.5, 0.6) is 0 Å². The molecule has 0 saturated carbocycles. The first kappa shape index (κ1) is 17.4. The van der Waals surface area contributed by atoms with Gasteiger partial charge in [0.1, 0.15) is 5.92 Å². The van der Waals surface area contributed by atoms with Crippen molar-refractivity contribution in [2.45, 2.75) is 12.8 Å². The summed E-state index contributed by atoms with van der Waals surface area (Å²) in [4.78, 5) is 24.7. The third-order valence-electron chi connectivity index (χ3n) is 4.29. The molecule has 0 radical (unpaired) electrons. The Morgan fingerprint density at radius 2 is 1.84 bits per heavy atom. The van der Waals surface area contributed by atoms with Crippen LogP contribution in [0.25, 0.3) is 0 Å². The third kappa shape index (κ3) is 3.96. The van der Waals surface area contributed by atoms with Gasteiger partial charge < -0.3 is 5.32 Å². The smallest absolute Gasteiger partial charge is 0.253 e. The van der Waals surface area contributed by atoms with Gasteiger partial charge in [-0.05, 0) is 30.2 Å². The summed E-state index contributed by atoms with van der Waals surface area (Å²) in [7, 11) is 0. The molecule has 2 aromatic rings. The lowest BCUT2D eigenvalue weighted by Crippen LogP contribution is -2.35. The summed E-state index contributed by atoms with van der Waals surface area (Å²) < 4.78 is 0.974. The molecule has 0 spiro atoms. The minimum absolute atomic E-state index is 0.183. The lowest BCUT2D eigenvalue weighted by Gasteiger charge is -2.15. The topological polar surface area (TPSA) is 70.6 Å². The monoisotopic (exact) mass is 399 g/mol. The number of nitrogens with zero attached hydrogens (tertiary/aromatic N) is 1. The van der Waals surface area contributed by atoms with Gasteiger partial charge in [0.2, 0.25) is 5.91 Å². The molecule has 2 atom stereocenters. The van der Waals surface area contributed by atoms with Crippen molar-refractivity contribution in [1.82, 2.24) is 10.7 Å². The molecule has 5 nitrogen and oxygen atoms in total. The summed E-state index contributed by atoms with van der Waals surface area (Å²) in [6.45, 7) is 2.27. The Bertz CT molecular complexity index is 803. The molecule has 3 rings (SSSR count). The summed E-state index contributed by atoms with van der Waals surface area (Å²) in [5.74, 6) is -1.61. The largest absolute Gasteiger partial charge is 0.355 e. The molecule has 1 aliphatic rings. The van der Waals surface area contributed by atoms with Gasteiger partial charge in [0.15, 0.2) is 0 Å². The van der Waals surface area contributed by atoms with E-state index in [2.05, 4.69) is 31.8 Å². The van der Waals surface area contributed by atoms with Crippen LogP contribution in [-0.4, -0.2) is 24.1 Å². The molecule has 2 unspecified atom stereocenters. The van der Waals surface area contributed by atoms with Crippen LogP contribution in [0.4, 0.5) is 0 Å². The number of amides is 2. The Morgan fingerprint density at radius 3 is 2.52 bits per heavy atom. The summed E-state index contributed by atoms with van der Waals surface area (Å²) in [6, 6.07) is 17.2. The zero-order valence-corrected chi connectivity index (χ0v) is 15.3. The van der Waals surface area contributed by atoms with Gasteiger partial charge in [0.05, 0.1) is 5.71 Å². The number of hydrogen-bond acceptors (Lipinski definition) is 3. The summed E-state index contributed by atoms with van der Waals surface area (Å²) in [6.07, 6.45) is 0. The standard InChI is InChI=1S/C19H18BrN3O2/c1-12(13-7-9-15(20)10-8-13)22-23-19(25)17-16(11-21-18(17)24)14-5-3-2-4-6-14/h2-10,16-17H,11H2,1H3,(H,21,24)(H,23,25). The Hall–Kier alpha value is -2.47. The SMILES string of the molecule is CC(=NNC(=O)C1C(=O)NCC1c1ccccc1)c1ccc(Br)cc1. The zero-order valence-electron chi connectivity index (χ0n) is 13.7. The van der Waals surface area contributed by atoms with Crippen LogP contribution in [0.3, 0.4) is 0 Å². The second-order valence-corrected chi connectivity index (χ2v) is 6.84. The van der Waals surface area contributed by atoms with Gasteiger partial charge in [0.25, 0.3) is 5.91 Å². The molecule has 2 N–H and O–H groups in total. The van der Waals surface area contributed by atoms with Crippen molar-refractivity contribution >= 4 is 33.5 Å². The highest BCUT2D eigenvalue weighted by Crippen LogP contribution is 2.29. The van der Waals surface area contributed by atoms with E-state index in [-0.39, 0.29) is 17.7 Å². The van der Waals surface area contributed by atoms with Crippen LogP contribution in [-0.2, 0) is 9.59 Å². The molecular formula is C19H18BrN3O2. The van der Waals surface area contributed by atoms with E-state index in [0.29, 0.717) is 12.3 Å². The van der Waals surface area contributed by atoms with Crippen molar-refractivity contribution < 1.29 is 9.59 Å². The maximum Gasteiger partial charge on any atom is 0.253 e. The molecule has 0 aliphatic carbocycles. The van der Waals surface area contributed by atoms with Crippen molar-refractivity contribution in [2.24, 2.45) is 11.0 Å². The highest BCUT2D eigenvalue weighted by atomic mass is 79.9. The predicted molar refractivity (Wildman–Crippen MR) is 100 cm³/mol. The quantitative estimate of drug-likeness (QED) is 0.471. The first-order chi connectivity index (χ1) is 12.1. The maximum absolute atomic E-state index is 12.5. The average Bonchev–Trinajstić information content (AvgIpc) is 3.02. The number of benzene rings is 2. The highest BCUT2D eigenvalue weighted by molar-refractivity contribution is 9.10. The molecule has 1 heterocycles. The molecule has 0 bridgehead atoms. The predicted octanol–water partition coefficient (Wildman–Crippen LogP) is 2.82. The molecular weight excluding hydrogens is 382 g/mol. The molecule has 1 fully saturated rings. The molecule has 6 heteroatoms. The van der Waals surface area contributed by atoms with Crippen molar-refractivity contribution in [2.75, 3.05) is 6.54 Å². The van der Waals surface area contributed by atoms with Gasteiger partial charge in [-0.1, -0.05) is 58.4 Å². The lowest BCUT2D eigenvalue weighted by atomic mass is 9.88. The Morgan fingerprint density at radius 1 is 1.16 bits per heavy atom. The highest BCUT2D eigenvalue weighted by Gasteiger charge is 2.40. The fourth-order valence-corrected chi connectivity index (χ4v) is 3.16. The fraction of sp³-hybridized carbons (Fsp3) is 0.211. The zero-order chi connectivity index (χ0) is 17.8. The first-order valence-corrected chi connectivity index (χ1v) is 8.78. The number of hydrogen-bond donors (Lipinski definition) is 2. The minimum atomic E-state index is -0.774. The number of nitrogens with one attached hydrogen (secondary N) is 2. The number of hydrazone groups is 1. The second-order valence-electron chi connectivity index (χ2n) is 5.92. The van der Waals surface area contributed by atoms with Crippen LogP contribution in [0, 0.1) is 5.92 Å². The van der Waals surface area contributed by atoms with Gasteiger partial charge in [-0.2, -0.15) is 5.10 Å². The number of halogens is 1. The first-order valence-electron chi connectivity index (χ1n) is 7.99. The third-order valence-corrected chi connectivity index (χ3v) is 4.82. The molecule has 25 heavy (non-hydrogen) atoms. The van der Waals surface area contributed by atoms with E-state index in [1.165, 1.54) is 0 Å². The average molecular weight is 400 g/mol. The second kappa shape index (κ2) is 7.61. The van der Waals surface area contributed by atoms with Gasteiger partial charge in [-0.15, -0.1) is 0 Å². The van der Waals surface area contributed by atoms with Crippen molar-refractivity contribution in [3.8, 4) is 0 Å². The number of carbonyl (C=O) groups excluding carboxylic acids is 2. The fourth-order valence-electron chi connectivity index (χ4n) is 2.90. The number of carbonyl (C=O) groups is 2. The van der Waals surface area contributed by atoms with E-state index in [1.54, 1.807) is 0 Å². The van der Waals surface area contributed by atoms with Crippen LogP contribution >= 0.6 is 15.9 Å². The van der Waals surface area contributed by atoms with Crippen molar-refractivity contribution in [3.63, 3.8) is 0 Å². The molecule has 0 aromatic heterocycles. The molecule has 128 valence electrons. The lowest BCUT2D eigenvalue weighted by molar-refractivity contribution is -0.133. The van der Waals surface area contributed by atoms with Crippen LogP contribution < -0.4 is 10.7 Å². The summed E-state index contributed by atoms with van der Waals surface area (Å²) in [5.41, 5.74) is 5.09.